The van der Waals surface area contributed by atoms with Crippen molar-refractivity contribution in [2.24, 2.45) is 5.92 Å². The highest BCUT2D eigenvalue weighted by Gasteiger charge is 2.21. The van der Waals surface area contributed by atoms with Crippen LogP contribution in [0.1, 0.15) is 19.8 Å². The molecule has 0 saturated carbocycles. The summed E-state index contributed by atoms with van der Waals surface area (Å²) in [6.45, 7) is 9.09. The van der Waals surface area contributed by atoms with Crippen molar-refractivity contribution >= 4 is 39.4 Å². The number of piperazine rings is 1. The number of rotatable bonds is 2. The Morgan fingerprint density at radius 2 is 1.60 bits per heavy atom. The molecule has 25 heavy (non-hydrogen) atoms. The van der Waals surface area contributed by atoms with Crippen molar-refractivity contribution in [2.45, 2.75) is 19.8 Å². The molecule has 1 aromatic carbocycles. The summed E-state index contributed by atoms with van der Waals surface area (Å²) in [7, 11) is 2.21. The van der Waals surface area contributed by atoms with Gasteiger partial charge in [-0.25, -0.2) is 4.98 Å². The number of aromatic nitrogens is 1. The molecule has 2 aromatic rings. The fourth-order valence-electron chi connectivity index (χ4n) is 3.85. The second-order valence-electron chi connectivity index (χ2n) is 7.48. The molecule has 0 bridgehead atoms. The third kappa shape index (κ3) is 3.93. The summed E-state index contributed by atoms with van der Waals surface area (Å²) < 4.78 is 0. The van der Waals surface area contributed by atoms with Gasteiger partial charge in [0.05, 0.1) is 5.52 Å². The fourth-order valence-corrected chi connectivity index (χ4v) is 3.85. The van der Waals surface area contributed by atoms with Crippen LogP contribution in [0.2, 0.25) is 0 Å². The van der Waals surface area contributed by atoms with E-state index in [1.54, 1.807) is 0 Å². The summed E-state index contributed by atoms with van der Waals surface area (Å²) in [5, 5.41) is 1.29. The van der Waals surface area contributed by atoms with E-state index in [0.29, 0.717) is 0 Å². The summed E-state index contributed by atoms with van der Waals surface area (Å²) >= 11 is 0. The summed E-state index contributed by atoms with van der Waals surface area (Å²) in [6.07, 6.45) is 2.55. The van der Waals surface area contributed by atoms with E-state index in [9.17, 15) is 0 Å². The smallest absolute Gasteiger partial charge is 0.131 e. The van der Waals surface area contributed by atoms with Gasteiger partial charge in [-0.1, -0.05) is 25.1 Å². The highest BCUT2D eigenvalue weighted by molar-refractivity contribution is 8.93. The Kier molecular flexibility index (Phi) is 5.85. The van der Waals surface area contributed by atoms with Gasteiger partial charge in [0.1, 0.15) is 5.82 Å². The zero-order valence-electron chi connectivity index (χ0n) is 15.3. The number of anilines is 2. The summed E-state index contributed by atoms with van der Waals surface area (Å²) in [5.41, 5.74) is 2.49. The van der Waals surface area contributed by atoms with Crippen LogP contribution in [0.3, 0.4) is 0 Å². The van der Waals surface area contributed by atoms with Crippen LogP contribution in [0.5, 0.6) is 0 Å². The molecular weight excluding hydrogens is 376 g/mol. The maximum Gasteiger partial charge on any atom is 0.131 e. The number of halogens is 1. The predicted octanol–water partition coefficient (Wildman–Crippen LogP) is 3.80. The summed E-state index contributed by atoms with van der Waals surface area (Å²) in [4.78, 5) is 12.4. The van der Waals surface area contributed by atoms with Crippen molar-refractivity contribution in [1.29, 1.82) is 0 Å². The minimum Gasteiger partial charge on any atom is -0.368 e. The van der Waals surface area contributed by atoms with Gasteiger partial charge in [-0.05, 0) is 31.9 Å². The molecule has 0 N–H and O–H groups in total. The van der Waals surface area contributed by atoms with Crippen LogP contribution in [0.4, 0.5) is 11.5 Å². The first-order valence-corrected chi connectivity index (χ1v) is 9.29. The highest BCUT2D eigenvalue weighted by atomic mass is 79.9. The van der Waals surface area contributed by atoms with Crippen LogP contribution in [0.15, 0.2) is 30.3 Å². The molecule has 4 nitrogen and oxygen atoms in total. The van der Waals surface area contributed by atoms with Gasteiger partial charge in [-0.2, -0.15) is 0 Å². The first-order valence-electron chi connectivity index (χ1n) is 9.29. The molecule has 4 rings (SSSR count). The van der Waals surface area contributed by atoms with Crippen LogP contribution < -0.4 is 9.80 Å². The number of piperidine rings is 1. The molecule has 0 atom stereocenters. The molecule has 0 radical (unpaired) electrons. The first-order chi connectivity index (χ1) is 11.7. The van der Waals surface area contributed by atoms with Gasteiger partial charge in [0.15, 0.2) is 0 Å². The molecule has 2 aliphatic heterocycles. The van der Waals surface area contributed by atoms with Crippen molar-refractivity contribution in [3.8, 4) is 0 Å². The Morgan fingerprint density at radius 1 is 0.920 bits per heavy atom. The Bertz CT molecular complexity index is 704. The van der Waals surface area contributed by atoms with E-state index in [1.807, 2.05) is 0 Å². The van der Waals surface area contributed by atoms with E-state index in [1.165, 1.54) is 23.9 Å². The van der Waals surface area contributed by atoms with Crippen molar-refractivity contribution in [2.75, 3.05) is 56.1 Å². The van der Waals surface area contributed by atoms with Gasteiger partial charge in [0, 0.05) is 56.4 Å². The molecule has 136 valence electrons. The van der Waals surface area contributed by atoms with Gasteiger partial charge < -0.3 is 14.7 Å². The third-order valence-electron chi connectivity index (χ3n) is 5.63. The molecule has 2 saturated heterocycles. The second kappa shape index (κ2) is 7.92. The van der Waals surface area contributed by atoms with Crippen LogP contribution in [-0.4, -0.2) is 56.2 Å². The SMILES string of the molecule is Br.CC1CCN(c2cc(N3CCN(C)CC3)c3ccccc3n2)CC1. The number of para-hydroxylation sites is 1. The van der Waals surface area contributed by atoms with Crippen LogP contribution in [-0.2, 0) is 0 Å². The van der Waals surface area contributed by atoms with Gasteiger partial charge in [0.2, 0.25) is 0 Å². The van der Waals surface area contributed by atoms with Gasteiger partial charge in [-0.3, -0.25) is 0 Å². The summed E-state index contributed by atoms with van der Waals surface area (Å²) in [6, 6.07) is 10.9. The molecular formula is C20H29BrN4. The molecule has 3 heterocycles. The number of likely N-dealkylation sites (N-methyl/N-ethyl adjacent to an activating group) is 1. The lowest BCUT2D eigenvalue weighted by Gasteiger charge is -2.36. The average Bonchev–Trinajstić information content (AvgIpc) is 2.62. The standard InChI is InChI=1S/C20H28N4.BrH/c1-16-7-9-24(10-8-16)20-15-19(23-13-11-22(2)12-14-23)17-5-3-4-6-18(17)21-20;/h3-6,15-16H,7-14H2,1-2H3;1H. The van der Waals surface area contributed by atoms with Crippen molar-refractivity contribution in [3.63, 3.8) is 0 Å². The van der Waals surface area contributed by atoms with Gasteiger partial charge in [0.25, 0.3) is 0 Å². The Hall–Kier alpha value is -1.33. The molecule has 2 fully saturated rings. The second-order valence-corrected chi connectivity index (χ2v) is 7.48. The minimum atomic E-state index is 0. The predicted molar refractivity (Wildman–Crippen MR) is 112 cm³/mol. The maximum absolute atomic E-state index is 4.98. The van der Waals surface area contributed by atoms with E-state index in [2.05, 4.69) is 59.0 Å². The molecule has 1 aromatic heterocycles. The van der Waals surface area contributed by atoms with Gasteiger partial charge in [-0.15, -0.1) is 17.0 Å². The van der Waals surface area contributed by atoms with E-state index >= 15 is 0 Å². The number of hydrogen-bond acceptors (Lipinski definition) is 4. The normalized spacial score (nSPS) is 19.9. The minimum absolute atomic E-state index is 0. The lowest BCUT2D eigenvalue weighted by atomic mass is 9.99. The largest absolute Gasteiger partial charge is 0.368 e. The molecule has 2 aliphatic rings. The Labute approximate surface area is 161 Å². The lowest BCUT2D eigenvalue weighted by molar-refractivity contribution is 0.313. The Balaban J connectivity index is 0.00000182. The topological polar surface area (TPSA) is 22.6 Å². The Morgan fingerprint density at radius 3 is 2.32 bits per heavy atom. The van der Waals surface area contributed by atoms with E-state index < -0.39 is 0 Å². The lowest BCUT2D eigenvalue weighted by Crippen LogP contribution is -2.44. The van der Waals surface area contributed by atoms with E-state index in [-0.39, 0.29) is 17.0 Å². The van der Waals surface area contributed by atoms with Crippen molar-refractivity contribution in [3.05, 3.63) is 30.3 Å². The van der Waals surface area contributed by atoms with Crippen LogP contribution >= 0.6 is 17.0 Å². The number of pyridine rings is 1. The quantitative estimate of drug-likeness (QED) is 0.758. The number of hydrogen-bond donors (Lipinski definition) is 0. The van der Waals surface area contributed by atoms with Crippen molar-refractivity contribution < 1.29 is 0 Å². The molecule has 5 heteroatoms. The first kappa shape index (κ1) is 18.5. The van der Waals surface area contributed by atoms with E-state index in [0.717, 1.165) is 56.5 Å². The number of nitrogens with zero attached hydrogens (tertiary/aromatic N) is 4. The molecule has 0 spiro atoms. The van der Waals surface area contributed by atoms with Crippen molar-refractivity contribution in [1.82, 2.24) is 9.88 Å². The van der Waals surface area contributed by atoms with Crippen LogP contribution in [0, 0.1) is 5.92 Å². The molecule has 0 amide bonds. The van der Waals surface area contributed by atoms with Gasteiger partial charge >= 0.3 is 0 Å². The zero-order valence-corrected chi connectivity index (χ0v) is 17.0. The van der Waals surface area contributed by atoms with E-state index in [4.69, 9.17) is 4.98 Å². The molecule has 0 unspecified atom stereocenters. The zero-order chi connectivity index (χ0) is 16.5. The maximum atomic E-state index is 4.98. The van der Waals surface area contributed by atoms with Crippen LogP contribution in [0.25, 0.3) is 10.9 Å². The third-order valence-corrected chi connectivity index (χ3v) is 5.63. The highest BCUT2D eigenvalue weighted by Crippen LogP contribution is 2.32. The average molecular weight is 405 g/mol. The fraction of sp³-hybridized carbons (Fsp3) is 0.550. The monoisotopic (exact) mass is 404 g/mol. The number of fused-ring (bicyclic) bond motifs is 1. The number of benzene rings is 1. The molecule has 0 aliphatic carbocycles. The summed E-state index contributed by atoms with van der Waals surface area (Å²) in [5.74, 6) is 2.01.